The molecule has 0 saturated carbocycles. The molecule has 0 aromatic heterocycles. The Morgan fingerprint density at radius 3 is 2.53 bits per heavy atom. The summed E-state index contributed by atoms with van der Waals surface area (Å²) in [6.45, 7) is 5.40. The number of amides is 1. The maximum absolute atomic E-state index is 11.6. The summed E-state index contributed by atoms with van der Waals surface area (Å²) in [5.41, 5.74) is 2.26. The van der Waals surface area contributed by atoms with Crippen LogP contribution in [0.4, 0.5) is 0 Å². The summed E-state index contributed by atoms with van der Waals surface area (Å²) in [6.07, 6.45) is 0. The van der Waals surface area contributed by atoms with Gasteiger partial charge < -0.3 is 14.8 Å². The third kappa shape index (κ3) is 4.62. The predicted octanol–water partition coefficient (Wildman–Crippen LogP) is 1.36. The third-order valence-corrected chi connectivity index (χ3v) is 2.78. The highest BCUT2D eigenvalue weighted by Crippen LogP contribution is 2.16. The number of methoxy groups -OCH3 is 1. The first-order valence-corrected chi connectivity index (χ1v) is 6.01. The van der Waals surface area contributed by atoms with Gasteiger partial charge >= 0.3 is 5.97 Å². The van der Waals surface area contributed by atoms with Gasteiger partial charge in [-0.15, -0.1) is 0 Å². The molecule has 1 rings (SSSR count). The average molecular weight is 265 g/mol. The van der Waals surface area contributed by atoms with E-state index < -0.39 is 12.0 Å². The van der Waals surface area contributed by atoms with Gasteiger partial charge in [0.2, 0.25) is 0 Å². The van der Waals surface area contributed by atoms with Crippen LogP contribution in [0.25, 0.3) is 0 Å². The van der Waals surface area contributed by atoms with Crippen LogP contribution in [-0.2, 0) is 14.3 Å². The summed E-state index contributed by atoms with van der Waals surface area (Å²) >= 11 is 0. The summed E-state index contributed by atoms with van der Waals surface area (Å²) in [5.74, 6) is -0.223. The van der Waals surface area contributed by atoms with Crippen molar-refractivity contribution in [1.29, 1.82) is 0 Å². The highest BCUT2D eigenvalue weighted by atomic mass is 16.5. The monoisotopic (exact) mass is 265 g/mol. The standard InChI is InChI=1S/C14H19NO4/c1-9-5-6-12(7-10(9)2)19-8-13(16)15-11(3)14(17)18-4/h5-7,11H,8H2,1-4H3,(H,15,16). The molecule has 1 N–H and O–H groups in total. The molecule has 0 spiro atoms. The van der Waals surface area contributed by atoms with Crippen LogP contribution in [0.1, 0.15) is 18.1 Å². The number of esters is 1. The smallest absolute Gasteiger partial charge is 0.328 e. The zero-order valence-electron chi connectivity index (χ0n) is 11.6. The second-order valence-corrected chi connectivity index (χ2v) is 4.35. The lowest BCUT2D eigenvalue weighted by Gasteiger charge is -2.12. The minimum atomic E-state index is -0.680. The van der Waals surface area contributed by atoms with E-state index in [4.69, 9.17) is 4.74 Å². The number of carbonyl (C=O) groups excluding carboxylic acids is 2. The molecule has 0 heterocycles. The number of nitrogens with one attached hydrogen (secondary N) is 1. The van der Waals surface area contributed by atoms with E-state index in [9.17, 15) is 9.59 Å². The van der Waals surface area contributed by atoms with Crippen molar-refractivity contribution in [3.63, 3.8) is 0 Å². The van der Waals surface area contributed by atoms with Gasteiger partial charge in [-0.05, 0) is 44.0 Å². The molecule has 1 amide bonds. The van der Waals surface area contributed by atoms with Gasteiger partial charge in [0.1, 0.15) is 11.8 Å². The van der Waals surface area contributed by atoms with E-state index in [1.54, 1.807) is 13.0 Å². The molecule has 0 fully saturated rings. The zero-order valence-corrected chi connectivity index (χ0v) is 11.6. The van der Waals surface area contributed by atoms with E-state index in [0.717, 1.165) is 11.1 Å². The van der Waals surface area contributed by atoms with Crippen molar-refractivity contribution in [3.8, 4) is 5.75 Å². The van der Waals surface area contributed by atoms with Crippen LogP contribution in [0.2, 0.25) is 0 Å². The molecule has 0 aliphatic rings. The topological polar surface area (TPSA) is 64.6 Å². The first kappa shape index (κ1) is 15.0. The second kappa shape index (κ2) is 6.78. The fourth-order valence-electron chi connectivity index (χ4n) is 1.47. The van der Waals surface area contributed by atoms with Gasteiger partial charge in [-0.3, -0.25) is 4.79 Å². The molecule has 0 bridgehead atoms. The highest BCUT2D eigenvalue weighted by Gasteiger charge is 2.15. The number of aryl methyl sites for hydroxylation is 2. The molecule has 19 heavy (non-hydrogen) atoms. The summed E-state index contributed by atoms with van der Waals surface area (Å²) in [5, 5.41) is 2.49. The largest absolute Gasteiger partial charge is 0.484 e. The van der Waals surface area contributed by atoms with Gasteiger partial charge in [0.15, 0.2) is 6.61 Å². The zero-order chi connectivity index (χ0) is 14.4. The van der Waals surface area contributed by atoms with Gasteiger partial charge in [-0.1, -0.05) is 6.07 Å². The van der Waals surface area contributed by atoms with Crippen LogP contribution < -0.4 is 10.1 Å². The van der Waals surface area contributed by atoms with Crippen molar-refractivity contribution in [1.82, 2.24) is 5.32 Å². The molecule has 0 aliphatic heterocycles. The molecule has 104 valence electrons. The lowest BCUT2D eigenvalue weighted by Crippen LogP contribution is -2.41. The molecule has 5 heteroatoms. The maximum atomic E-state index is 11.6. The Kier molecular flexibility index (Phi) is 5.36. The Bertz CT molecular complexity index is 471. The molecular weight excluding hydrogens is 246 g/mol. The lowest BCUT2D eigenvalue weighted by molar-refractivity contribution is -0.144. The Morgan fingerprint density at radius 2 is 1.95 bits per heavy atom. The van der Waals surface area contributed by atoms with Gasteiger partial charge in [-0.25, -0.2) is 4.79 Å². The van der Waals surface area contributed by atoms with E-state index in [1.165, 1.54) is 7.11 Å². The van der Waals surface area contributed by atoms with Crippen molar-refractivity contribution in [2.75, 3.05) is 13.7 Å². The van der Waals surface area contributed by atoms with Crippen LogP contribution in [0.3, 0.4) is 0 Å². The normalized spacial score (nSPS) is 11.6. The molecule has 1 atom stereocenters. The quantitative estimate of drug-likeness (QED) is 0.816. The third-order valence-electron chi connectivity index (χ3n) is 2.78. The Morgan fingerprint density at radius 1 is 1.26 bits per heavy atom. The summed E-state index contributed by atoms with van der Waals surface area (Å²) < 4.78 is 9.86. The minimum absolute atomic E-state index is 0.135. The lowest BCUT2D eigenvalue weighted by atomic mass is 10.1. The number of rotatable bonds is 5. The molecule has 5 nitrogen and oxygen atoms in total. The van der Waals surface area contributed by atoms with Crippen molar-refractivity contribution in [3.05, 3.63) is 29.3 Å². The average Bonchev–Trinajstić information content (AvgIpc) is 2.39. The van der Waals surface area contributed by atoms with Crippen LogP contribution in [0.5, 0.6) is 5.75 Å². The first-order chi connectivity index (χ1) is 8.93. The van der Waals surface area contributed by atoms with E-state index in [0.29, 0.717) is 5.75 Å². The van der Waals surface area contributed by atoms with Crippen molar-refractivity contribution < 1.29 is 19.1 Å². The summed E-state index contributed by atoms with van der Waals surface area (Å²) in [6, 6.07) is 4.92. The maximum Gasteiger partial charge on any atom is 0.328 e. The van der Waals surface area contributed by atoms with Crippen LogP contribution in [0, 0.1) is 13.8 Å². The molecule has 1 aromatic rings. The number of hydrogen-bond donors (Lipinski definition) is 1. The van der Waals surface area contributed by atoms with E-state index in [2.05, 4.69) is 10.1 Å². The molecule has 0 aliphatic carbocycles. The Balaban J connectivity index is 2.46. The van der Waals surface area contributed by atoms with Gasteiger partial charge in [0.05, 0.1) is 7.11 Å². The van der Waals surface area contributed by atoms with Crippen LogP contribution >= 0.6 is 0 Å². The SMILES string of the molecule is COC(=O)C(C)NC(=O)COc1ccc(C)c(C)c1. The molecular formula is C14H19NO4. The fraction of sp³-hybridized carbons (Fsp3) is 0.429. The minimum Gasteiger partial charge on any atom is -0.484 e. The van der Waals surface area contributed by atoms with Gasteiger partial charge in [0, 0.05) is 0 Å². The van der Waals surface area contributed by atoms with Crippen molar-refractivity contribution in [2.45, 2.75) is 26.8 Å². The number of benzene rings is 1. The summed E-state index contributed by atoms with van der Waals surface area (Å²) in [4.78, 5) is 22.7. The molecule has 0 radical (unpaired) electrons. The van der Waals surface area contributed by atoms with Crippen molar-refractivity contribution >= 4 is 11.9 Å². The summed E-state index contributed by atoms with van der Waals surface area (Å²) in [7, 11) is 1.27. The van der Waals surface area contributed by atoms with E-state index >= 15 is 0 Å². The second-order valence-electron chi connectivity index (χ2n) is 4.35. The Hall–Kier alpha value is -2.04. The first-order valence-electron chi connectivity index (χ1n) is 6.01. The van der Waals surface area contributed by atoms with Crippen LogP contribution in [0.15, 0.2) is 18.2 Å². The van der Waals surface area contributed by atoms with E-state index in [-0.39, 0.29) is 12.5 Å². The molecule has 1 aromatic carbocycles. The van der Waals surface area contributed by atoms with Crippen LogP contribution in [-0.4, -0.2) is 31.6 Å². The highest BCUT2D eigenvalue weighted by molar-refractivity contribution is 5.84. The predicted molar refractivity (Wildman–Crippen MR) is 71.0 cm³/mol. The number of hydrogen-bond acceptors (Lipinski definition) is 4. The van der Waals surface area contributed by atoms with Gasteiger partial charge in [-0.2, -0.15) is 0 Å². The number of ether oxygens (including phenoxy) is 2. The van der Waals surface area contributed by atoms with E-state index in [1.807, 2.05) is 26.0 Å². The number of carbonyl (C=O) groups is 2. The molecule has 1 unspecified atom stereocenters. The Labute approximate surface area is 112 Å². The van der Waals surface area contributed by atoms with Gasteiger partial charge in [0.25, 0.3) is 5.91 Å². The van der Waals surface area contributed by atoms with Crippen molar-refractivity contribution in [2.24, 2.45) is 0 Å². The fourth-order valence-corrected chi connectivity index (χ4v) is 1.47. The molecule has 0 saturated heterocycles.